The van der Waals surface area contributed by atoms with Gasteiger partial charge in [-0.25, -0.2) is 4.68 Å². The molecule has 2 aromatic rings. The van der Waals surface area contributed by atoms with Crippen molar-refractivity contribution in [1.29, 1.82) is 0 Å². The van der Waals surface area contributed by atoms with Gasteiger partial charge in [-0.05, 0) is 25.5 Å². The average Bonchev–Trinajstić information content (AvgIpc) is 3.20. The molecule has 2 N–H and O–H groups in total. The fourth-order valence-corrected chi connectivity index (χ4v) is 4.17. The van der Waals surface area contributed by atoms with Gasteiger partial charge >= 0.3 is 6.18 Å². The lowest BCUT2D eigenvalue weighted by Gasteiger charge is -2.34. The smallest absolute Gasteiger partial charge is 0.379 e. The number of halogens is 3. The molecule has 1 amide bonds. The molecular weight excluding hydrogens is 423 g/mol. The molecule has 3 heterocycles. The summed E-state index contributed by atoms with van der Waals surface area (Å²) in [6, 6.07) is 5.00. The number of aryl methyl sites for hydroxylation is 1. The SMILES string of the molecule is Cc1ccc([C@@H]2C[C@H](C(F)(F)F)n3ncc(C(=O)NCCCN4CCOCC4)c3N2)cc1. The van der Waals surface area contributed by atoms with Crippen molar-refractivity contribution in [2.75, 3.05) is 44.7 Å². The van der Waals surface area contributed by atoms with Gasteiger partial charge in [-0.1, -0.05) is 29.8 Å². The molecule has 4 rings (SSSR count). The van der Waals surface area contributed by atoms with Gasteiger partial charge in [-0.3, -0.25) is 9.69 Å². The highest BCUT2D eigenvalue weighted by molar-refractivity contribution is 5.98. The lowest BCUT2D eigenvalue weighted by molar-refractivity contribution is -0.173. The summed E-state index contributed by atoms with van der Waals surface area (Å²) in [6.07, 6.45) is -2.70. The van der Waals surface area contributed by atoms with Crippen LogP contribution in [0.5, 0.6) is 0 Å². The van der Waals surface area contributed by atoms with Crippen molar-refractivity contribution < 1.29 is 22.7 Å². The number of hydrogen-bond acceptors (Lipinski definition) is 5. The Bertz CT molecular complexity index is 923. The number of nitrogens with zero attached hydrogens (tertiary/aromatic N) is 3. The van der Waals surface area contributed by atoms with Crippen LogP contribution in [0, 0.1) is 6.92 Å². The molecular formula is C22H28F3N5O2. The molecule has 0 radical (unpaired) electrons. The van der Waals surface area contributed by atoms with Crippen molar-refractivity contribution in [3.05, 3.63) is 47.2 Å². The Morgan fingerprint density at radius 2 is 1.97 bits per heavy atom. The quantitative estimate of drug-likeness (QED) is 0.660. The van der Waals surface area contributed by atoms with Crippen LogP contribution in [0.2, 0.25) is 0 Å². The molecule has 0 spiro atoms. The number of anilines is 1. The van der Waals surface area contributed by atoms with E-state index in [2.05, 4.69) is 20.6 Å². The van der Waals surface area contributed by atoms with Crippen LogP contribution < -0.4 is 10.6 Å². The minimum atomic E-state index is -4.47. The fourth-order valence-electron chi connectivity index (χ4n) is 4.17. The molecule has 10 heteroatoms. The van der Waals surface area contributed by atoms with Crippen molar-refractivity contribution in [2.24, 2.45) is 0 Å². The number of benzene rings is 1. The second kappa shape index (κ2) is 9.50. The summed E-state index contributed by atoms with van der Waals surface area (Å²) in [5, 5.41) is 9.86. The van der Waals surface area contributed by atoms with Gasteiger partial charge in [0.2, 0.25) is 0 Å². The van der Waals surface area contributed by atoms with Crippen molar-refractivity contribution in [3.8, 4) is 0 Å². The van der Waals surface area contributed by atoms with E-state index in [1.807, 2.05) is 31.2 Å². The number of ether oxygens (including phenoxy) is 1. The van der Waals surface area contributed by atoms with Crippen LogP contribution in [0.25, 0.3) is 0 Å². The lowest BCUT2D eigenvalue weighted by atomic mass is 9.96. The predicted molar refractivity (Wildman–Crippen MR) is 114 cm³/mol. The molecule has 0 bridgehead atoms. The number of fused-ring (bicyclic) bond motifs is 1. The molecule has 0 aliphatic carbocycles. The second-order valence-corrected chi connectivity index (χ2v) is 8.32. The predicted octanol–water partition coefficient (Wildman–Crippen LogP) is 3.30. The number of carbonyl (C=O) groups excluding carboxylic acids is 1. The second-order valence-electron chi connectivity index (χ2n) is 8.32. The van der Waals surface area contributed by atoms with Crippen molar-refractivity contribution in [3.63, 3.8) is 0 Å². The Balaban J connectivity index is 1.46. The monoisotopic (exact) mass is 451 g/mol. The van der Waals surface area contributed by atoms with E-state index in [1.54, 1.807) is 0 Å². The number of aromatic nitrogens is 2. The zero-order chi connectivity index (χ0) is 22.7. The number of carbonyl (C=O) groups is 1. The van der Waals surface area contributed by atoms with E-state index in [-0.39, 0.29) is 17.8 Å². The maximum absolute atomic E-state index is 13.8. The van der Waals surface area contributed by atoms with Gasteiger partial charge in [0.25, 0.3) is 5.91 Å². The first-order valence-corrected chi connectivity index (χ1v) is 10.9. The van der Waals surface area contributed by atoms with Crippen LogP contribution in [0.4, 0.5) is 19.0 Å². The number of nitrogens with one attached hydrogen (secondary N) is 2. The van der Waals surface area contributed by atoms with Crippen molar-refractivity contribution in [1.82, 2.24) is 20.0 Å². The van der Waals surface area contributed by atoms with Crippen LogP contribution in [0.3, 0.4) is 0 Å². The van der Waals surface area contributed by atoms with Gasteiger partial charge in [-0.15, -0.1) is 0 Å². The van der Waals surface area contributed by atoms with Gasteiger partial charge in [0.15, 0.2) is 6.04 Å². The van der Waals surface area contributed by atoms with Crippen LogP contribution in [0.1, 0.15) is 46.4 Å². The molecule has 1 saturated heterocycles. The molecule has 1 aromatic carbocycles. The number of rotatable bonds is 6. The average molecular weight is 451 g/mol. The number of morpholine rings is 1. The zero-order valence-corrected chi connectivity index (χ0v) is 18.0. The zero-order valence-electron chi connectivity index (χ0n) is 18.0. The standard InChI is InChI=1S/C22H28F3N5O2/c1-15-3-5-16(6-4-15)18-13-19(22(23,24)25)30-20(28-18)17(14-27-30)21(31)26-7-2-8-29-9-11-32-12-10-29/h3-6,14,18-19,28H,2,7-13H2,1H3,(H,26,31)/t18-,19+/m0/s1. The normalized spacial score (nSPS) is 21.6. The topological polar surface area (TPSA) is 71.4 Å². The summed E-state index contributed by atoms with van der Waals surface area (Å²) in [6.45, 7) is 6.35. The van der Waals surface area contributed by atoms with E-state index in [1.165, 1.54) is 6.20 Å². The third-order valence-corrected chi connectivity index (χ3v) is 6.00. The highest BCUT2D eigenvalue weighted by atomic mass is 19.4. The van der Waals surface area contributed by atoms with Crippen LogP contribution >= 0.6 is 0 Å². The minimum Gasteiger partial charge on any atom is -0.379 e. The van der Waals surface area contributed by atoms with Crippen LogP contribution in [0.15, 0.2) is 30.5 Å². The molecule has 2 atom stereocenters. The first kappa shape index (κ1) is 22.6. The first-order valence-electron chi connectivity index (χ1n) is 10.9. The Labute approximate surface area is 184 Å². The molecule has 1 fully saturated rings. The summed E-state index contributed by atoms with van der Waals surface area (Å²) in [4.78, 5) is 15.0. The summed E-state index contributed by atoms with van der Waals surface area (Å²) in [5.74, 6) is -0.318. The fraction of sp³-hybridized carbons (Fsp3) is 0.545. The molecule has 7 nitrogen and oxygen atoms in total. The summed E-state index contributed by atoms with van der Waals surface area (Å²) < 4.78 is 47.6. The van der Waals surface area contributed by atoms with Gasteiger partial charge in [0, 0.05) is 26.1 Å². The van der Waals surface area contributed by atoms with Crippen molar-refractivity contribution >= 4 is 11.7 Å². The summed E-state index contributed by atoms with van der Waals surface area (Å²) in [5.41, 5.74) is 1.90. The van der Waals surface area contributed by atoms with E-state index in [0.717, 1.165) is 41.9 Å². The molecule has 1 aromatic heterocycles. The highest BCUT2D eigenvalue weighted by Crippen LogP contribution is 2.44. The van der Waals surface area contributed by atoms with E-state index >= 15 is 0 Å². The third-order valence-electron chi connectivity index (χ3n) is 6.00. The van der Waals surface area contributed by atoms with Gasteiger partial charge in [0.05, 0.1) is 25.5 Å². The summed E-state index contributed by atoms with van der Waals surface area (Å²) in [7, 11) is 0. The molecule has 0 saturated carbocycles. The van der Waals surface area contributed by atoms with Gasteiger partial charge < -0.3 is 15.4 Å². The first-order chi connectivity index (χ1) is 15.3. The molecule has 2 aliphatic rings. The Morgan fingerprint density at radius 1 is 1.25 bits per heavy atom. The molecule has 2 aliphatic heterocycles. The molecule has 0 unspecified atom stereocenters. The molecule has 32 heavy (non-hydrogen) atoms. The third kappa shape index (κ3) is 5.07. The maximum atomic E-state index is 13.8. The van der Waals surface area contributed by atoms with E-state index in [0.29, 0.717) is 19.8 Å². The lowest BCUT2D eigenvalue weighted by Crippen LogP contribution is -2.38. The van der Waals surface area contributed by atoms with Crippen LogP contribution in [-0.4, -0.2) is 66.2 Å². The van der Waals surface area contributed by atoms with Gasteiger partial charge in [0.1, 0.15) is 11.4 Å². The largest absolute Gasteiger partial charge is 0.410 e. The maximum Gasteiger partial charge on any atom is 0.410 e. The summed E-state index contributed by atoms with van der Waals surface area (Å²) >= 11 is 0. The Kier molecular flexibility index (Phi) is 6.71. The van der Waals surface area contributed by atoms with Crippen LogP contribution in [-0.2, 0) is 4.74 Å². The number of alkyl halides is 3. The molecule has 174 valence electrons. The number of hydrogen-bond donors (Lipinski definition) is 2. The highest BCUT2D eigenvalue weighted by Gasteiger charge is 2.47. The van der Waals surface area contributed by atoms with E-state index < -0.39 is 24.2 Å². The van der Waals surface area contributed by atoms with E-state index in [9.17, 15) is 18.0 Å². The van der Waals surface area contributed by atoms with E-state index in [4.69, 9.17) is 4.74 Å². The Morgan fingerprint density at radius 3 is 2.66 bits per heavy atom. The minimum absolute atomic E-state index is 0.106. The van der Waals surface area contributed by atoms with Crippen molar-refractivity contribution in [2.45, 2.75) is 38.0 Å². The number of amides is 1. The Hall–Kier alpha value is -2.59. The van der Waals surface area contributed by atoms with Gasteiger partial charge in [-0.2, -0.15) is 18.3 Å².